The van der Waals surface area contributed by atoms with Crippen LogP contribution in [0.5, 0.6) is 0 Å². The highest BCUT2D eigenvalue weighted by molar-refractivity contribution is 6.06. The molecule has 1 saturated carbocycles. The molecule has 3 heteroatoms. The van der Waals surface area contributed by atoms with E-state index in [1.165, 1.54) is 38.5 Å². The molecular weight excluding hydrogens is 248 g/mol. The lowest BCUT2D eigenvalue weighted by molar-refractivity contribution is 0.0953. The smallest absolute Gasteiger partial charge is 0.183 e. The van der Waals surface area contributed by atoms with Crippen LogP contribution in [0.25, 0.3) is 10.9 Å². The molecule has 3 nitrogen and oxygen atoms in total. The molecule has 0 N–H and O–H groups in total. The third kappa shape index (κ3) is 2.62. The molecule has 1 aromatic carbocycles. The number of hydrogen-bond acceptors (Lipinski definition) is 2. The molecule has 1 aliphatic rings. The quantitative estimate of drug-likeness (QED) is 0.621. The van der Waals surface area contributed by atoms with Crippen LogP contribution in [0, 0.1) is 5.92 Å². The molecule has 0 saturated heterocycles. The van der Waals surface area contributed by atoms with E-state index in [1.54, 1.807) is 0 Å². The van der Waals surface area contributed by atoms with Crippen LogP contribution < -0.4 is 0 Å². The molecule has 2 aromatic rings. The molecule has 0 radical (unpaired) electrons. The minimum atomic E-state index is 0.216. The first-order valence-corrected chi connectivity index (χ1v) is 7.70. The zero-order valence-electron chi connectivity index (χ0n) is 12.1. The van der Waals surface area contributed by atoms with Crippen molar-refractivity contribution in [2.45, 2.75) is 44.9 Å². The molecule has 1 aliphatic carbocycles. The normalized spacial score (nSPS) is 17.2. The topological polar surface area (TPSA) is 34.9 Å². The van der Waals surface area contributed by atoms with Gasteiger partial charge in [0.15, 0.2) is 5.78 Å². The fraction of sp³-hybridized carbons (Fsp3) is 0.529. The standard InChI is InChI=1S/C17H22N2O/c1-19-15-11-7-6-10-14(15)17(18-19)16(20)12-13-8-4-2-3-5-9-13/h6-7,10-11,13H,2-5,8-9,12H2,1H3. The SMILES string of the molecule is Cn1nc(C(=O)CC2CCCCCC2)c2ccccc21. The van der Waals surface area contributed by atoms with Gasteiger partial charge in [0, 0.05) is 18.9 Å². The fourth-order valence-electron chi connectivity index (χ4n) is 3.35. The molecule has 0 unspecified atom stereocenters. The number of aromatic nitrogens is 2. The van der Waals surface area contributed by atoms with Gasteiger partial charge in [0.25, 0.3) is 0 Å². The van der Waals surface area contributed by atoms with Crippen molar-refractivity contribution in [3.05, 3.63) is 30.0 Å². The van der Waals surface area contributed by atoms with E-state index in [2.05, 4.69) is 5.10 Å². The van der Waals surface area contributed by atoms with Crippen LogP contribution in [0.4, 0.5) is 0 Å². The molecule has 0 spiro atoms. The van der Waals surface area contributed by atoms with E-state index < -0.39 is 0 Å². The molecule has 20 heavy (non-hydrogen) atoms. The lowest BCUT2D eigenvalue weighted by Gasteiger charge is -2.11. The highest BCUT2D eigenvalue weighted by Crippen LogP contribution is 2.28. The second kappa shape index (κ2) is 5.78. The van der Waals surface area contributed by atoms with Gasteiger partial charge in [0.2, 0.25) is 0 Å². The number of Topliss-reactive ketones (excluding diaryl/α,β-unsaturated/α-hetero) is 1. The summed E-state index contributed by atoms with van der Waals surface area (Å²) in [4.78, 5) is 12.6. The van der Waals surface area contributed by atoms with Gasteiger partial charge in [-0.25, -0.2) is 0 Å². The lowest BCUT2D eigenvalue weighted by atomic mass is 9.93. The molecule has 0 bridgehead atoms. The second-order valence-electron chi connectivity index (χ2n) is 5.97. The number of fused-ring (bicyclic) bond motifs is 1. The first-order valence-electron chi connectivity index (χ1n) is 7.70. The summed E-state index contributed by atoms with van der Waals surface area (Å²) >= 11 is 0. The van der Waals surface area contributed by atoms with E-state index in [9.17, 15) is 4.79 Å². The Balaban J connectivity index is 1.81. The molecule has 0 amide bonds. The van der Waals surface area contributed by atoms with Gasteiger partial charge < -0.3 is 0 Å². The third-order valence-electron chi connectivity index (χ3n) is 4.47. The maximum absolute atomic E-state index is 12.6. The van der Waals surface area contributed by atoms with Gasteiger partial charge in [-0.3, -0.25) is 9.48 Å². The Morgan fingerprint density at radius 2 is 1.90 bits per heavy atom. The average molecular weight is 270 g/mol. The van der Waals surface area contributed by atoms with E-state index in [-0.39, 0.29) is 5.78 Å². The zero-order chi connectivity index (χ0) is 13.9. The average Bonchev–Trinajstić information content (AvgIpc) is 2.64. The van der Waals surface area contributed by atoms with Crippen molar-refractivity contribution in [1.29, 1.82) is 0 Å². The first kappa shape index (κ1) is 13.3. The Hall–Kier alpha value is -1.64. The first-order chi connectivity index (χ1) is 9.75. The molecule has 3 rings (SSSR count). The van der Waals surface area contributed by atoms with E-state index in [4.69, 9.17) is 0 Å². The highest BCUT2D eigenvalue weighted by atomic mass is 16.1. The van der Waals surface area contributed by atoms with Crippen molar-refractivity contribution >= 4 is 16.7 Å². The summed E-state index contributed by atoms with van der Waals surface area (Å²) in [5, 5.41) is 5.44. The zero-order valence-corrected chi connectivity index (χ0v) is 12.1. The van der Waals surface area contributed by atoms with Crippen molar-refractivity contribution in [3.8, 4) is 0 Å². The van der Waals surface area contributed by atoms with Gasteiger partial charge in [0.05, 0.1) is 5.52 Å². The molecule has 1 aromatic heterocycles. The number of carbonyl (C=O) groups excluding carboxylic acids is 1. The largest absolute Gasteiger partial charge is 0.292 e. The van der Waals surface area contributed by atoms with Gasteiger partial charge in [-0.05, 0) is 12.0 Å². The summed E-state index contributed by atoms with van der Waals surface area (Å²) in [6.07, 6.45) is 8.30. The number of aryl methyl sites for hydroxylation is 1. The van der Waals surface area contributed by atoms with Crippen LogP contribution in [0.15, 0.2) is 24.3 Å². The second-order valence-corrected chi connectivity index (χ2v) is 5.97. The third-order valence-corrected chi connectivity index (χ3v) is 4.47. The van der Waals surface area contributed by atoms with Crippen LogP contribution in [0.2, 0.25) is 0 Å². The molecule has 1 heterocycles. The van der Waals surface area contributed by atoms with E-state index in [0.29, 0.717) is 18.0 Å². The Morgan fingerprint density at radius 1 is 1.20 bits per heavy atom. The van der Waals surface area contributed by atoms with Crippen molar-refractivity contribution in [3.63, 3.8) is 0 Å². The maximum atomic E-state index is 12.6. The Bertz CT molecular complexity index is 606. The Kier molecular flexibility index (Phi) is 3.86. The number of rotatable bonds is 3. The van der Waals surface area contributed by atoms with Crippen LogP contribution in [0.3, 0.4) is 0 Å². The van der Waals surface area contributed by atoms with Gasteiger partial charge >= 0.3 is 0 Å². The van der Waals surface area contributed by atoms with Crippen LogP contribution in [-0.2, 0) is 7.05 Å². The fourth-order valence-corrected chi connectivity index (χ4v) is 3.35. The molecule has 0 atom stereocenters. The lowest BCUT2D eigenvalue weighted by Crippen LogP contribution is -2.09. The number of nitrogens with zero attached hydrogens (tertiary/aromatic N) is 2. The highest BCUT2D eigenvalue weighted by Gasteiger charge is 2.21. The summed E-state index contributed by atoms with van der Waals surface area (Å²) in [5.74, 6) is 0.777. The van der Waals surface area contributed by atoms with Crippen molar-refractivity contribution in [2.75, 3.05) is 0 Å². The summed E-state index contributed by atoms with van der Waals surface area (Å²) in [7, 11) is 1.91. The van der Waals surface area contributed by atoms with E-state index >= 15 is 0 Å². The van der Waals surface area contributed by atoms with Crippen molar-refractivity contribution in [1.82, 2.24) is 9.78 Å². The monoisotopic (exact) mass is 270 g/mol. The van der Waals surface area contributed by atoms with Crippen molar-refractivity contribution in [2.24, 2.45) is 13.0 Å². The summed E-state index contributed by atoms with van der Waals surface area (Å²) in [5.41, 5.74) is 1.70. The number of hydrogen-bond donors (Lipinski definition) is 0. The van der Waals surface area contributed by atoms with Gasteiger partial charge in [-0.2, -0.15) is 5.10 Å². The van der Waals surface area contributed by atoms with Crippen LogP contribution in [-0.4, -0.2) is 15.6 Å². The Morgan fingerprint density at radius 3 is 2.65 bits per heavy atom. The number of ketones is 1. The van der Waals surface area contributed by atoms with Crippen LogP contribution in [0.1, 0.15) is 55.4 Å². The predicted octanol–water partition coefficient (Wildman–Crippen LogP) is 4.12. The van der Waals surface area contributed by atoms with Gasteiger partial charge in [-0.1, -0.05) is 56.7 Å². The number of benzene rings is 1. The molecule has 0 aliphatic heterocycles. The van der Waals surface area contributed by atoms with Crippen molar-refractivity contribution < 1.29 is 4.79 Å². The van der Waals surface area contributed by atoms with E-state index in [1.807, 2.05) is 36.0 Å². The van der Waals surface area contributed by atoms with Gasteiger partial charge in [-0.15, -0.1) is 0 Å². The maximum Gasteiger partial charge on any atom is 0.183 e. The molecule has 1 fully saturated rings. The minimum absolute atomic E-state index is 0.216. The summed E-state index contributed by atoms with van der Waals surface area (Å²) < 4.78 is 1.82. The summed E-state index contributed by atoms with van der Waals surface area (Å²) in [6.45, 7) is 0. The molecule has 106 valence electrons. The van der Waals surface area contributed by atoms with E-state index in [0.717, 1.165) is 10.9 Å². The Labute approximate surface area is 120 Å². The number of para-hydroxylation sites is 1. The van der Waals surface area contributed by atoms with Crippen LogP contribution >= 0.6 is 0 Å². The summed E-state index contributed by atoms with van der Waals surface area (Å²) in [6, 6.07) is 7.99. The predicted molar refractivity (Wildman–Crippen MR) is 80.9 cm³/mol. The number of carbonyl (C=O) groups is 1. The molecular formula is C17H22N2O. The minimum Gasteiger partial charge on any atom is -0.292 e. The van der Waals surface area contributed by atoms with Gasteiger partial charge in [0.1, 0.15) is 5.69 Å².